The fourth-order valence-corrected chi connectivity index (χ4v) is 2.75. The predicted octanol–water partition coefficient (Wildman–Crippen LogP) is -1.17. The second-order valence-electron chi connectivity index (χ2n) is 4.39. The fraction of sp³-hybridized carbons (Fsp3) is 0. The smallest absolute Gasteiger partial charge is 1.00 e. The number of hydrogen-bond acceptors (Lipinski definition) is 4. The molecule has 3 rings (SSSR count). The number of benzene rings is 2. The van der Waals surface area contributed by atoms with E-state index in [-0.39, 0.29) is 75.3 Å². The zero-order chi connectivity index (χ0) is 14.5. The molecule has 0 heterocycles. The van der Waals surface area contributed by atoms with Crippen LogP contribution in [0.1, 0.15) is 33.3 Å². The third kappa shape index (κ3) is 2.82. The van der Waals surface area contributed by atoms with E-state index in [0.29, 0.717) is 5.56 Å². The van der Waals surface area contributed by atoms with Crippen LogP contribution in [-0.2, 0) is 10.1 Å². The summed E-state index contributed by atoms with van der Waals surface area (Å²) in [5.41, 5.74) is 0.659. The Balaban J connectivity index is 0.00000121. The van der Waals surface area contributed by atoms with Crippen molar-refractivity contribution in [3.63, 3.8) is 0 Å². The molecule has 102 valence electrons. The molecule has 0 unspecified atom stereocenters. The molecule has 0 bridgehead atoms. The van der Waals surface area contributed by atoms with E-state index >= 15 is 0 Å². The number of rotatable bonds is 1. The van der Waals surface area contributed by atoms with Gasteiger partial charge in [0.2, 0.25) is 0 Å². The quantitative estimate of drug-likeness (QED) is 0.449. The van der Waals surface area contributed by atoms with Gasteiger partial charge in [-0.15, -0.1) is 0 Å². The number of hydrogen-bond donors (Lipinski definition) is 1. The molecule has 0 spiro atoms. The molecule has 7 heteroatoms. The molecular weight excluding hydrogens is 319 g/mol. The van der Waals surface area contributed by atoms with Crippen molar-refractivity contribution in [1.29, 1.82) is 0 Å². The van der Waals surface area contributed by atoms with Crippen LogP contribution in [0, 0.1) is 0 Å². The molecule has 0 amide bonds. The average Bonchev–Trinajstić information content (AvgIpc) is 2.43. The Morgan fingerprint density at radius 1 is 0.810 bits per heavy atom. The Bertz CT molecular complexity index is 877. The maximum atomic E-state index is 12.3. The fourth-order valence-electron chi connectivity index (χ4n) is 2.24. The van der Waals surface area contributed by atoms with Crippen molar-refractivity contribution in [2.24, 2.45) is 0 Å². The summed E-state index contributed by atoms with van der Waals surface area (Å²) < 4.78 is 31.2. The number of carbonyl (C=O) groups excluding carboxylic acids is 2. The molecular formula is C14H9KO5S. The Hall–Kier alpha value is -0.674. The van der Waals surface area contributed by atoms with E-state index < -0.39 is 20.8 Å². The molecule has 0 aliphatic heterocycles. The largest absolute Gasteiger partial charge is 1.00 e. The molecule has 1 aliphatic carbocycles. The Labute approximate surface area is 165 Å². The van der Waals surface area contributed by atoms with Crippen LogP contribution in [-0.4, -0.2) is 24.5 Å². The third-order valence-electron chi connectivity index (χ3n) is 3.19. The minimum Gasteiger partial charge on any atom is -1.00 e. The third-order valence-corrected chi connectivity index (χ3v) is 4.04. The summed E-state index contributed by atoms with van der Waals surface area (Å²) in [5, 5.41) is 0. The molecule has 2 aromatic rings. The number of carbonyl (C=O) groups is 2. The summed E-state index contributed by atoms with van der Waals surface area (Å²) in [4.78, 5) is 24.1. The van der Waals surface area contributed by atoms with Gasteiger partial charge in [-0.3, -0.25) is 14.1 Å². The first-order chi connectivity index (χ1) is 9.39. The number of ketones is 2. The first-order valence-corrected chi connectivity index (χ1v) is 7.13. The van der Waals surface area contributed by atoms with Crippen molar-refractivity contribution in [3.8, 4) is 0 Å². The maximum Gasteiger partial charge on any atom is 1.00 e. The SMILES string of the molecule is O=C1c2ccccc2C(=O)c2cc(S(=O)(=O)O)ccc21.[H-].[K+]. The van der Waals surface area contributed by atoms with Crippen LogP contribution in [0.4, 0.5) is 0 Å². The van der Waals surface area contributed by atoms with E-state index in [1.165, 1.54) is 12.1 Å². The summed E-state index contributed by atoms with van der Waals surface area (Å²) in [7, 11) is -4.42. The van der Waals surface area contributed by atoms with Gasteiger partial charge in [0.15, 0.2) is 11.6 Å². The summed E-state index contributed by atoms with van der Waals surface area (Å²) >= 11 is 0. The van der Waals surface area contributed by atoms with Crippen LogP contribution in [0.15, 0.2) is 47.4 Å². The molecule has 1 N–H and O–H groups in total. The summed E-state index contributed by atoms with van der Waals surface area (Å²) in [5.74, 6) is -0.766. The van der Waals surface area contributed by atoms with Crippen molar-refractivity contribution in [3.05, 3.63) is 64.7 Å². The Morgan fingerprint density at radius 2 is 1.29 bits per heavy atom. The zero-order valence-electron chi connectivity index (χ0n) is 12.0. The molecule has 0 radical (unpaired) electrons. The van der Waals surface area contributed by atoms with Crippen molar-refractivity contribution in [2.45, 2.75) is 4.90 Å². The van der Waals surface area contributed by atoms with Gasteiger partial charge in [0.05, 0.1) is 4.90 Å². The van der Waals surface area contributed by atoms with Crippen molar-refractivity contribution >= 4 is 21.7 Å². The van der Waals surface area contributed by atoms with Crippen LogP contribution >= 0.6 is 0 Å². The molecule has 0 fully saturated rings. The molecule has 0 saturated heterocycles. The van der Waals surface area contributed by atoms with Gasteiger partial charge in [0, 0.05) is 22.3 Å². The van der Waals surface area contributed by atoms with Gasteiger partial charge in [0.25, 0.3) is 10.1 Å². The second kappa shape index (κ2) is 5.84. The molecule has 21 heavy (non-hydrogen) atoms. The minimum atomic E-state index is -4.42. The van der Waals surface area contributed by atoms with E-state index in [2.05, 4.69) is 0 Å². The van der Waals surface area contributed by atoms with Gasteiger partial charge in [-0.1, -0.05) is 24.3 Å². The van der Waals surface area contributed by atoms with Gasteiger partial charge in [0.1, 0.15) is 0 Å². The number of fused-ring (bicyclic) bond motifs is 2. The Morgan fingerprint density at radius 3 is 1.81 bits per heavy atom. The topological polar surface area (TPSA) is 88.5 Å². The van der Waals surface area contributed by atoms with E-state index in [4.69, 9.17) is 4.55 Å². The Kier molecular flexibility index (Phi) is 4.65. The van der Waals surface area contributed by atoms with E-state index in [0.717, 1.165) is 12.1 Å². The molecule has 5 nitrogen and oxygen atoms in total. The monoisotopic (exact) mass is 328 g/mol. The van der Waals surface area contributed by atoms with Crippen molar-refractivity contribution in [2.75, 3.05) is 0 Å². The van der Waals surface area contributed by atoms with Crippen LogP contribution < -0.4 is 51.4 Å². The van der Waals surface area contributed by atoms with Crippen LogP contribution in [0.25, 0.3) is 0 Å². The van der Waals surface area contributed by atoms with E-state index in [9.17, 15) is 18.0 Å². The van der Waals surface area contributed by atoms with Crippen LogP contribution in [0.5, 0.6) is 0 Å². The van der Waals surface area contributed by atoms with Crippen LogP contribution in [0.3, 0.4) is 0 Å². The first-order valence-electron chi connectivity index (χ1n) is 5.69. The minimum absolute atomic E-state index is 0. The van der Waals surface area contributed by atoms with Gasteiger partial charge in [-0.25, -0.2) is 0 Å². The molecule has 2 aromatic carbocycles. The standard InChI is InChI=1S/C14H8O5S.K.H/c15-13-9-3-1-2-4-10(9)14(16)12-7-8(20(17,18)19)5-6-11(12)13;;/h1-7H,(H,17,18,19);;/q;+1;-1. The molecule has 0 aromatic heterocycles. The first kappa shape index (κ1) is 16.7. The van der Waals surface area contributed by atoms with Gasteiger partial charge < -0.3 is 1.43 Å². The maximum absolute atomic E-state index is 12.3. The second-order valence-corrected chi connectivity index (χ2v) is 5.81. The zero-order valence-corrected chi connectivity index (χ0v) is 15.0. The summed E-state index contributed by atoms with van der Waals surface area (Å²) in [6, 6.07) is 9.72. The normalized spacial score (nSPS) is 13.2. The van der Waals surface area contributed by atoms with Crippen molar-refractivity contribution in [1.82, 2.24) is 0 Å². The van der Waals surface area contributed by atoms with E-state index in [1.807, 2.05) is 0 Å². The average molecular weight is 328 g/mol. The van der Waals surface area contributed by atoms with Gasteiger partial charge in [-0.2, -0.15) is 8.42 Å². The summed E-state index contributed by atoms with van der Waals surface area (Å²) in [6.45, 7) is 0. The molecule has 1 aliphatic rings. The van der Waals surface area contributed by atoms with Gasteiger partial charge >= 0.3 is 51.4 Å². The van der Waals surface area contributed by atoms with Crippen molar-refractivity contribution < 1.29 is 75.4 Å². The van der Waals surface area contributed by atoms with E-state index in [1.54, 1.807) is 18.2 Å². The van der Waals surface area contributed by atoms with Gasteiger partial charge in [-0.05, 0) is 18.2 Å². The molecule has 0 atom stereocenters. The predicted molar refractivity (Wildman–Crippen MR) is 70.7 cm³/mol. The van der Waals surface area contributed by atoms with Crippen LogP contribution in [0.2, 0.25) is 0 Å². The summed E-state index contributed by atoms with van der Waals surface area (Å²) in [6.07, 6.45) is 0. The molecule has 0 saturated carbocycles.